The van der Waals surface area contributed by atoms with Crippen LogP contribution >= 0.6 is 11.8 Å². The Morgan fingerprint density at radius 2 is 2.04 bits per heavy atom. The highest BCUT2D eigenvalue weighted by Gasteiger charge is 2.14. The molecular weight excluding hydrogens is 330 g/mol. The van der Waals surface area contributed by atoms with Gasteiger partial charge in [0.2, 0.25) is 0 Å². The quantitative estimate of drug-likeness (QED) is 0.555. The molecule has 4 rings (SSSR count). The molecule has 1 N–H and O–H groups in total. The third-order valence-corrected chi connectivity index (χ3v) is 4.96. The molecule has 122 valence electrons. The summed E-state index contributed by atoms with van der Waals surface area (Å²) in [6, 6.07) is 15.8. The Morgan fingerprint density at radius 1 is 1.20 bits per heavy atom. The Morgan fingerprint density at radius 3 is 2.84 bits per heavy atom. The number of rotatable bonds is 4. The number of thioether (sulfide) groups is 1. The zero-order chi connectivity index (χ0) is 17.2. The standard InChI is InChI=1S/C19H15N5S/c1-13(17-12-24-8-7-14(10-20)9-18(24)22-17)25-19-21-11-16(23-19)15-5-3-2-4-6-15/h2-9,11-13H,1H3,(H,21,23). The summed E-state index contributed by atoms with van der Waals surface area (Å²) in [7, 11) is 0. The van der Waals surface area contributed by atoms with Gasteiger partial charge in [-0.25, -0.2) is 9.97 Å². The van der Waals surface area contributed by atoms with Crippen molar-refractivity contribution in [1.29, 1.82) is 5.26 Å². The van der Waals surface area contributed by atoms with Crippen molar-refractivity contribution in [3.63, 3.8) is 0 Å². The maximum absolute atomic E-state index is 9.00. The first-order valence-corrected chi connectivity index (χ1v) is 8.77. The van der Waals surface area contributed by atoms with E-state index in [1.807, 2.05) is 53.3 Å². The molecule has 3 heterocycles. The van der Waals surface area contributed by atoms with E-state index < -0.39 is 0 Å². The van der Waals surface area contributed by atoms with E-state index in [1.54, 1.807) is 23.9 Å². The van der Waals surface area contributed by atoms with Crippen LogP contribution in [0.15, 0.2) is 66.2 Å². The number of pyridine rings is 1. The van der Waals surface area contributed by atoms with Crippen molar-refractivity contribution in [3.05, 3.63) is 72.3 Å². The van der Waals surface area contributed by atoms with Crippen LogP contribution in [0.1, 0.15) is 23.4 Å². The van der Waals surface area contributed by atoms with E-state index in [0.717, 1.165) is 27.8 Å². The van der Waals surface area contributed by atoms with Crippen molar-refractivity contribution >= 4 is 17.4 Å². The van der Waals surface area contributed by atoms with E-state index in [9.17, 15) is 0 Å². The predicted molar refractivity (Wildman–Crippen MR) is 98.2 cm³/mol. The molecule has 0 bridgehead atoms. The predicted octanol–water partition coefficient (Wildman–Crippen LogP) is 4.45. The number of nitrogens with one attached hydrogen (secondary N) is 1. The molecule has 4 aromatic rings. The van der Waals surface area contributed by atoms with Gasteiger partial charge in [-0.2, -0.15) is 5.26 Å². The minimum Gasteiger partial charge on any atom is -0.339 e. The largest absolute Gasteiger partial charge is 0.339 e. The van der Waals surface area contributed by atoms with Gasteiger partial charge in [0.1, 0.15) is 5.65 Å². The Labute approximate surface area is 149 Å². The van der Waals surface area contributed by atoms with Crippen LogP contribution in [0.2, 0.25) is 0 Å². The average Bonchev–Trinajstić information content (AvgIpc) is 3.28. The molecule has 1 atom stereocenters. The number of imidazole rings is 2. The van der Waals surface area contributed by atoms with E-state index in [-0.39, 0.29) is 5.25 Å². The number of aromatic amines is 1. The zero-order valence-corrected chi connectivity index (χ0v) is 14.4. The Kier molecular flexibility index (Phi) is 4.00. The van der Waals surface area contributed by atoms with Crippen LogP contribution in [0, 0.1) is 11.3 Å². The van der Waals surface area contributed by atoms with Crippen LogP contribution in [0.25, 0.3) is 16.9 Å². The number of hydrogen-bond donors (Lipinski definition) is 1. The SMILES string of the molecule is CC(Sc1nc(-c2ccccc2)c[nH]1)c1cn2ccc(C#N)cc2n1. The van der Waals surface area contributed by atoms with Gasteiger partial charge in [0, 0.05) is 24.2 Å². The molecule has 0 fully saturated rings. The van der Waals surface area contributed by atoms with Crippen molar-refractivity contribution in [2.24, 2.45) is 0 Å². The lowest BCUT2D eigenvalue weighted by Crippen LogP contribution is -1.89. The van der Waals surface area contributed by atoms with Gasteiger partial charge in [-0.05, 0) is 19.1 Å². The molecule has 1 unspecified atom stereocenters. The van der Waals surface area contributed by atoms with Crippen LogP contribution in [0.3, 0.4) is 0 Å². The average molecular weight is 345 g/mol. The van der Waals surface area contributed by atoms with Gasteiger partial charge >= 0.3 is 0 Å². The highest BCUT2D eigenvalue weighted by atomic mass is 32.2. The molecule has 0 saturated carbocycles. The number of hydrogen-bond acceptors (Lipinski definition) is 4. The van der Waals surface area contributed by atoms with Crippen LogP contribution < -0.4 is 0 Å². The lowest BCUT2D eigenvalue weighted by molar-refractivity contribution is 0.995. The molecule has 0 aliphatic rings. The van der Waals surface area contributed by atoms with Crippen molar-refractivity contribution in [2.75, 3.05) is 0 Å². The van der Waals surface area contributed by atoms with Crippen molar-refractivity contribution < 1.29 is 0 Å². The molecule has 1 aromatic carbocycles. The van der Waals surface area contributed by atoms with Crippen LogP contribution in [0.5, 0.6) is 0 Å². The fourth-order valence-electron chi connectivity index (χ4n) is 2.62. The molecule has 5 nitrogen and oxygen atoms in total. The molecule has 25 heavy (non-hydrogen) atoms. The van der Waals surface area contributed by atoms with Gasteiger partial charge in [-0.1, -0.05) is 42.1 Å². The second-order valence-corrected chi connectivity index (χ2v) is 7.00. The summed E-state index contributed by atoms with van der Waals surface area (Å²) in [5, 5.41) is 10.0. The van der Waals surface area contributed by atoms with Crippen LogP contribution in [-0.2, 0) is 0 Å². The Hall–Kier alpha value is -3.04. The van der Waals surface area contributed by atoms with Crippen molar-refractivity contribution in [2.45, 2.75) is 17.3 Å². The summed E-state index contributed by atoms with van der Waals surface area (Å²) in [4.78, 5) is 12.5. The van der Waals surface area contributed by atoms with E-state index in [2.05, 4.69) is 27.9 Å². The molecule has 6 heteroatoms. The number of nitrogens with zero attached hydrogens (tertiary/aromatic N) is 4. The number of nitriles is 1. The Balaban J connectivity index is 1.55. The number of benzene rings is 1. The second-order valence-electron chi connectivity index (χ2n) is 5.68. The molecule has 0 amide bonds. The van der Waals surface area contributed by atoms with Gasteiger partial charge in [0.15, 0.2) is 5.16 Å². The molecule has 0 saturated heterocycles. The topological polar surface area (TPSA) is 69.8 Å². The smallest absolute Gasteiger partial charge is 0.166 e. The fourth-order valence-corrected chi connectivity index (χ4v) is 3.46. The van der Waals surface area contributed by atoms with E-state index in [0.29, 0.717) is 5.56 Å². The lowest BCUT2D eigenvalue weighted by Gasteiger charge is -2.04. The van der Waals surface area contributed by atoms with Gasteiger partial charge in [0.05, 0.1) is 28.3 Å². The molecule has 3 aromatic heterocycles. The summed E-state index contributed by atoms with van der Waals surface area (Å²) in [6.07, 6.45) is 5.78. The maximum Gasteiger partial charge on any atom is 0.166 e. The summed E-state index contributed by atoms with van der Waals surface area (Å²) in [5.41, 5.74) is 4.38. The Bertz CT molecular complexity index is 1060. The minimum atomic E-state index is 0.139. The number of H-pyrrole nitrogens is 1. The summed E-state index contributed by atoms with van der Waals surface area (Å²) in [5.74, 6) is 0. The molecule has 0 radical (unpaired) electrons. The third kappa shape index (κ3) is 3.14. The van der Waals surface area contributed by atoms with Crippen molar-refractivity contribution in [1.82, 2.24) is 19.4 Å². The molecule has 0 aliphatic heterocycles. The highest BCUT2D eigenvalue weighted by Crippen LogP contribution is 2.33. The lowest BCUT2D eigenvalue weighted by atomic mass is 10.2. The maximum atomic E-state index is 9.00. The number of fused-ring (bicyclic) bond motifs is 1. The summed E-state index contributed by atoms with van der Waals surface area (Å²) < 4.78 is 1.94. The monoisotopic (exact) mass is 345 g/mol. The van der Waals surface area contributed by atoms with Crippen molar-refractivity contribution in [3.8, 4) is 17.3 Å². The first kappa shape index (κ1) is 15.5. The van der Waals surface area contributed by atoms with E-state index in [1.165, 1.54) is 0 Å². The second kappa shape index (κ2) is 6.46. The molecule has 0 spiro atoms. The first-order valence-electron chi connectivity index (χ1n) is 7.89. The van der Waals surface area contributed by atoms with Gasteiger partial charge in [0.25, 0.3) is 0 Å². The minimum absolute atomic E-state index is 0.139. The molecule has 0 aliphatic carbocycles. The van der Waals surface area contributed by atoms with E-state index in [4.69, 9.17) is 5.26 Å². The number of aromatic nitrogens is 4. The van der Waals surface area contributed by atoms with Gasteiger partial charge < -0.3 is 9.38 Å². The fraction of sp³-hybridized carbons (Fsp3) is 0.105. The summed E-state index contributed by atoms with van der Waals surface area (Å²) in [6.45, 7) is 2.10. The van der Waals surface area contributed by atoms with Gasteiger partial charge in [-0.15, -0.1) is 0 Å². The zero-order valence-electron chi connectivity index (χ0n) is 13.5. The van der Waals surface area contributed by atoms with Crippen LogP contribution in [0.4, 0.5) is 0 Å². The van der Waals surface area contributed by atoms with Crippen LogP contribution in [-0.4, -0.2) is 19.4 Å². The highest BCUT2D eigenvalue weighted by molar-refractivity contribution is 7.99. The summed E-state index contributed by atoms with van der Waals surface area (Å²) >= 11 is 1.63. The van der Waals surface area contributed by atoms with Gasteiger partial charge in [-0.3, -0.25) is 0 Å². The third-order valence-electron chi connectivity index (χ3n) is 3.94. The first-order chi connectivity index (χ1) is 12.2. The normalized spacial score (nSPS) is 12.2. The van der Waals surface area contributed by atoms with E-state index >= 15 is 0 Å². The molecular formula is C19H15N5S.